The molecule has 1 heterocycles. The molecule has 0 fully saturated rings. The number of anilines is 1. The average molecular weight is 293 g/mol. The lowest BCUT2D eigenvalue weighted by atomic mass is 10.1. The molecule has 1 amide bonds. The van der Waals surface area contributed by atoms with E-state index in [-0.39, 0.29) is 5.91 Å². The van der Waals surface area contributed by atoms with Crippen molar-refractivity contribution in [2.45, 2.75) is 39.5 Å². The summed E-state index contributed by atoms with van der Waals surface area (Å²) in [5.74, 6) is 0.649. The molecule has 0 unspecified atom stereocenters. The van der Waals surface area contributed by atoms with Crippen LogP contribution in [-0.4, -0.2) is 37.7 Å². The van der Waals surface area contributed by atoms with Gasteiger partial charge in [0.2, 0.25) is 0 Å². The Morgan fingerprint density at radius 1 is 1.24 bits per heavy atom. The molecule has 0 aliphatic heterocycles. The van der Waals surface area contributed by atoms with Gasteiger partial charge in [0.15, 0.2) is 0 Å². The van der Waals surface area contributed by atoms with E-state index in [2.05, 4.69) is 29.5 Å². The van der Waals surface area contributed by atoms with Crippen molar-refractivity contribution in [3.05, 3.63) is 23.4 Å². The van der Waals surface area contributed by atoms with Gasteiger partial charge < -0.3 is 15.4 Å². The minimum atomic E-state index is -0.0784. The van der Waals surface area contributed by atoms with Crippen molar-refractivity contribution in [3.8, 4) is 0 Å². The monoisotopic (exact) mass is 293 g/mol. The van der Waals surface area contributed by atoms with Crippen LogP contribution in [0.2, 0.25) is 0 Å². The second kappa shape index (κ2) is 10.2. The molecule has 5 heteroatoms. The Bertz CT molecular complexity index is 436. The molecule has 0 spiro atoms. The van der Waals surface area contributed by atoms with E-state index in [1.807, 2.05) is 6.07 Å². The molecule has 118 valence electrons. The molecular weight excluding hydrogens is 266 g/mol. The third-order valence-electron chi connectivity index (χ3n) is 3.08. The zero-order valence-corrected chi connectivity index (χ0v) is 13.4. The highest BCUT2D eigenvalue weighted by atomic mass is 16.5. The van der Waals surface area contributed by atoms with Crippen LogP contribution in [0.1, 0.15) is 49.2 Å². The number of hydrogen-bond acceptors (Lipinski definition) is 4. The number of nitrogens with zero attached hydrogens (tertiary/aromatic N) is 1. The number of pyridine rings is 1. The van der Waals surface area contributed by atoms with E-state index >= 15 is 0 Å². The standard InChI is InChI=1S/C16H27N3O2/c1-4-6-9-21-10-8-18-16(20)13-11-14(7-5-2)19-15(12-13)17-3/h11-12H,4-10H2,1-3H3,(H,17,19)(H,18,20). The molecule has 1 rings (SSSR count). The van der Waals surface area contributed by atoms with Crippen LogP contribution < -0.4 is 10.6 Å². The van der Waals surface area contributed by atoms with Gasteiger partial charge >= 0.3 is 0 Å². The van der Waals surface area contributed by atoms with Crippen molar-refractivity contribution >= 4 is 11.7 Å². The van der Waals surface area contributed by atoms with E-state index < -0.39 is 0 Å². The first-order chi connectivity index (χ1) is 10.2. The predicted octanol–water partition coefficient (Wildman–Crippen LogP) is 2.62. The molecule has 0 radical (unpaired) electrons. The number of aromatic nitrogens is 1. The van der Waals surface area contributed by atoms with Crippen LogP contribution in [0.15, 0.2) is 12.1 Å². The smallest absolute Gasteiger partial charge is 0.251 e. The first kappa shape index (κ1) is 17.4. The van der Waals surface area contributed by atoms with Crippen molar-refractivity contribution in [1.29, 1.82) is 0 Å². The van der Waals surface area contributed by atoms with E-state index in [9.17, 15) is 4.79 Å². The molecule has 5 nitrogen and oxygen atoms in total. The maximum Gasteiger partial charge on any atom is 0.251 e. The largest absolute Gasteiger partial charge is 0.380 e. The van der Waals surface area contributed by atoms with E-state index in [4.69, 9.17) is 4.74 Å². The number of ether oxygens (including phenoxy) is 1. The highest BCUT2D eigenvalue weighted by molar-refractivity contribution is 5.95. The second-order valence-corrected chi connectivity index (χ2v) is 4.95. The van der Waals surface area contributed by atoms with Crippen LogP contribution in [0.3, 0.4) is 0 Å². The normalized spacial score (nSPS) is 10.4. The quantitative estimate of drug-likeness (QED) is 0.651. The number of amides is 1. The van der Waals surface area contributed by atoms with Crippen LogP contribution in [0.4, 0.5) is 5.82 Å². The van der Waals surface area contributed by atoms with Gasteiger partial charge in [0.25, 0.3) is 5.91 Å². The third-order valence-corrected chi connectivity index (χ3v) is 3.08. The lowest BCUT2D eigenvalue weighted by molar-refractivity contribution is 0.0912. The number of carbonyl (C=O) groups is 1. The summed E-state index contributed by atoms with van der Waals surface area (Å²) in [5.41, 5.74) is 1.58. The van der Waals surface area contributed by atoms with Gasteiger partial charge in [-0.2, -0.15) is 0 Å². The van der Waals surface area contributed by atoms with Gasteiger partial charge in [-0.05, 0) is 25.0 Å². The zero-order chi connectivity index (χ0) is 15.5. The van der Waals surface area contributed by atoms with Crippen molar-refractivity contribution in [1.82, 2.24) is 10.3 Å². The molecular formula is C16H27N3O2. The maximum atomic E-state index is 12.1. The molecule has 2 N–H and O–H groups in total. The van der Waals surface area contributed by atoms with Crippen molar-refractivity contribution in [3.63, 3.8) is 0 Å². The van der Waals surface area contributed by atoms with E-state index in [1.54, 1.807) is 13.1 Å². The first-order valence-electron chi connectivity index (χ1n) is 7.75. The second-order valence-electron chi connectivity index (χ2n) is 4.95. The van der Waals surface area contributed by atoms with Crippen molar-refractivity contribution in [2.75, 3.05) is 32.1 Å². The molecule has 0 aromatic carbocycles. The zero-order valence-electron chi connectivity index (χ0n) is 13.4. The van der Waals surface area contributed by atoms with Crippen LogP contribution in [0.25, 0.3) is 0 Å². The van der Waals surface area contributed by atoms with Gasteiger partial charge in [-0.1, -0.05) is 26.7 Å². The topological polar surface area (TPSA) is 63.2 Å². The highest BCUT2D eigenvalue weighted by Crippen LogP contribution is 2.11. The van der Waals surface area contributed by atoms with Crippen LogP contribution in [0.5, 0.6) is 0 Å². The van der Waals surface area contributed by atoms with Crippen LogP contribution in [-0.2, 0) is 11.2 Å². The van der Waals surface area contributed by atoms with E-state index in [1.165, 1.54) is 0 Å². The Balaban J connectivity index is 2.50. The van der Waals surface area contributed by atoms with Gasteiger partial charge in [-0.25, -0.2) is 4.98 Å². The lowest BCUT2D eigenvalue weighted by Crippen LogP contribution is -2.27. The summed E-state index contributed by atoms with van der Waals surface area (Å²) in [4.78, 5) is 16.6. The summed E-state index contributed by atoms with van der Waals surface area (Å²) in [7, 11) is 1.81. The minimum absolute atomic E-state index is 0.0784. The summed E-state index contributed by atoms with van der Waals surface area (Å²) < 4.78 is 5.43. The third kappa shape index (κ3) is 6.58. The lowest BCUT2D eigenvalue weighted by Gasteiger charge is -2.09. The maximum absolute atomic E-state index is 12.1. The average Bonchev–Trinajstić information content (AvgIpc) is 2.50. The van der Waals surface area contributed by atoms with E-state index in [0.29, 0.717) is 18.7 Å². The molecule has 1 aromatic rings. The van der Waals surface area contributed by atoms with Crippen LogP contribution >= 0.6 is 0 Å². The van der Waals surface area contributed by atoms with Crippen molar-refractivity contribution in [2.24, 2.45) is 0 Å². The predicted molar refractivity (Wildman–Crippen MR) is 85.8 cm³/mol. The Kier molecular flexibility index (Phi) is 8.43. The van der Waals surface area contributed by atoms with Gasteiger partial charge in [-0.15, -0.1) is 0 Å². The Hall–Kier alpha value is -1.62. The van der Waals surface area contributed by atoms with Gasteiger partial charge in [0.05, 0.1) is 6.61 Å². The molecule has 0 bridgehead atoms. The molecule has 0 aliphatic carbocycles. The number of rotatable bonds is 10. The minimum Gasteiger partial charge on any atom is -0.380 e. The number of unbranched alkanes of at least 4 members (excludes halogenated alkanes) is 1. The summed E-state index contributed by atoms with van der Waals surface area (Å²) in [6, 6.07) is 3.63. The first-order valence-corrected chi connectivity index (χ1v) is 7.75. The Morgan fingerprint density at radius 2 is 2.05 bits per heavy atom. The number of aryl methyl sites for hydroxylation is 1. The number of hydrogen-bond donors (Lipinski definition) is 2. The Labute approximate surface area is 127 Å². The fourth-order valence-corrected chi connectivity index (χ4v) is 1.92. The number of carbonyl (C=O) groups excluding carboxylic acids is 1. The fraction of sp³-hybridized carbons (Fsp3) is 0.625. The molecule has 0 atom stereocenters. The Morgan fingerprint density at radius 3 is 2.71 bits per heavy atom. The molecule has 1 aromatic heterocycles. The SMILES string of the molecule is CCCCOCCNC(=O)c1cc(CCC)nc(NC)c1. The molecule has 0 saturated heterocycles. The van der Waals surface area contributed by atoms with Gasteiger partial charge in [0.1, 0.15) is 5.82 Å². The fourth-order valence-electron chi connectivity index (χ4n) is 1.92. The summed E-state index contributed by atoms with van der Waals surface area (Å²) in [5, 5.41) is 5.87. The highest BCUT2D eigenvalue weighted by Gasteiger charge is 2.09. The van der Waals surface area contributed by atoms with Gasteiger partial charge in [0, 0.05) is 31.5 Å². The summed E-state index contributed by atoms with van der Waals surface area (Å²) in [6.45, 7) is 6.06. The molecule has 0 aliphatic rings. The van der Waals surface area contributed by atoms with Crippen molar-refractivity contribution < 1.29 is 9.53 Å². The molecule has 0 saturated carbocycles. The van der Waals surface area contributed by atoms with Gasteiger partial charge in [-0.3, -0.25) is 4.79 Å². The number of nitrogens with one attached hydrogen (secondary N) is 2. The summed E-state index contributed by atoms with van der Waals surface area (Å²) in [6.07, 6.45) is 4.06. The van der Waals surface area contributed by atoms with Crippen LogP contribution in [0, 0.1) is 0 Å². The molecule has 21 heavy (non-hydrogen) atoms. The summed E-state index contributed by atoms with van der Waals surface area (Å²) >= 11 is 0. The van der Waals surface area contributed by atoms with E-state index in [0.717, 1.165) is 43.8 Å².